The highest BCUT2D eigenvalue weighted by Gasteiger charge is 2.30. The molecule has 0 amide bonds. The fourth-order valence-corrected chi connectivity index (χ4v) is 4.10. The molecule has 0 radical (unpaired) electrons. The second-order valence-electron chi connectivity index (χ2n) is 7.14. The lowest BCUT2D eigenvalue weighted by molar-refractivity contribution is -0.702. The number of hydrogen-bond donors (Lipinski definition) is 2. The topological polar surface area (TPSA) is 69.5 Å². The largest absolute Gasteiger partial charge is 0.504 e. The maximum atomic E-state index is 10.9. The second-order valence-corrected chi connectivity index (χ2v) is 7.14. The Morgan fingerprint density at radius 1 is 0.933 bits per heavy atom. The highest BCUT2D eigenvalue weighted by atomic mass is 16.5. The molecule has 1 aliphatic rings. The van der Waals surface area contributed by atoms with Gasteiger partial charge in [0, 0.05) is 17.8 Å². The van der Waals surface area contributed by atoms with Crippen LogP contribution in [0.2, 0.25) is 0 Å². The van der Waals surface area contributed by atoms with E-state index in [0.29, 0.717) is 25.6 Å². The van der Waals surface area contributed by atoms with E-state index in [4.69, 9.17) is 14.2 Å². The molecule has 0 aliphatic carbocycles. The third kappa shape index (κ3) is 3.59. The number of quaternary nitrogens is 1. The zero-order valence-electron chi connectivity index (χ0n) is 17.7. The summed E-state index contributed by atoms with van der Waals surface area (Å²) in [6, 6.07) is 13.9. The van der Waals surface area contributed by atoms with Crippen LogP contribution in [-0.4, -0.2) is 29.5 Å². The van der Waals surface area contributed by atoms with Crippen molar-refractivity contribution in [3.8, 4) is 28.7 Å². The van der Waals surface area contributed by atoms with Crippen molar-refractivity contribution in [2.75, 3.05) is 19.8 Å². The Balaban J connectivity index is 1.81. The molecule has 3 aromatic rings. The van der Waals surface area contributed by atoms with E-state index in [0.717, 1.165) is 40.6 Å². The van der Waals surface area contributed by atoms with E-state index in [-0.39, 0.29) is 11.8 Å². The number of nitrogens with zero attached hydrogens (tertiary/aromatic N) is 1. The number of aromatic hydroxyl groups is 1. The van der Waals surface area contributed by atoms with Gasteiger partial charge < -0.3 is 29.2 Å². The maximum absolute atomic E-state index is 10.9. The first-order chi connectivity index (χ1) is 14.7. The molecule has 1 aromatic heterocycles. The Bertz CT molecular complexity index is 1030. The quantitative estimate of drug-likeness (QED) is 0.626. The van der Waals surface area contributed by atoms with Gasteiger partial charge in [0.25, 0.3) is 0 Å². The third-order valence-corrected chi connectivity index (χ3v) is 5.34. The van der Waals surface area contributed by atoms with E-state index >= 15 is 0 Å². The van der Waals surface area contributed by atoms with Crippen LogP contribution in [0.25, 0.3) is 5.69 Å². The van der Waals surface area contributed by atoms with Gasteiger partial charge in [-0.15, -0.1) is 0 Å². The van der Waals surface area contributed by atoms with Crippen molar-refractivity contribution in [3.05, 3.63) is 65.5 Å². The first-order valence-corrected chi connectivity index (χ1v) is 10.6. The average Bonchev–Trinajstić information content (AvgIpc) is 3.17. The molecule has 1 aliphatic heterocycles. The van der Waals surface area contributed by atoms with Crippen LogP contribution in [0.1, 0.15) is 43.6 Å². The first-order valence-electron chi connectivity index (χ1n) is 10.6. The predicted octanol–water partition coefficient (Wildman–Crippen LogP) is 3.55. The van der Waals surface area contributed by atoms with E-state index < -0.39 is 0 Å². The Morgan fingerprint density at radius 3 is 2.37 bits per heavy atom. The van der Waals surface area contributed by atoms with Crippen LogP contribution in [0.5, 0.6) is 23.0 Å². The zero-order chi connectivity index (χ0) is 21.1. The molecule has 0 saturated carbocycles. The predicted molar refractivity (Wildman–Crippen MR) is 115 cm³/mol. The molecular formula is C24H29N2O4+. The lowest BCUT2D eigenvalue weighted by Gasteiger charge is -2.18. The number of phenolic OH excluding ortho intramolecular Hbond substituents is 1. The third-order valence-electron chi connectivity index (χ3n) is 5.34. The van der Waals surface area contributed by atoms with E-state index in [1.54, 1.807) is 6.07 Å². The summed E-state index contributed by atoms with van der Waals surface area (Å²) in [5.74, 6) is 2.22. The number of ether oxygens (including phenoxy) is 3. The molecule has 158 valence electrons. The molecule has 30 heavy (non-hydrogen) atoms. The van der Waals surface area contributed by atoms with Gasteiger partial charge in [0.2, 0.25) is 0 Å². The molecule has 4 rings (SSSR count). The maximum Gasteiger partial charge on any atom is 0.167 e. The number of para-hydroxylation sites is 1. The normalized spacial score (nSPS) is 15.1. The van der Waals surface area contributed by atoms with Gasteiger partial charge in [-0.2, -0.15) is 0 Å². The Hall–Kier alpha value is -3.12. The molecule has 0 spiro atoms. The molecule has 6 heteroatoms. The van der Waals surface area contributed by atoms with Gasteiger partial charge in [0.1, 0.15) is 6.54 Å². The van der Waals surface area contributed by atoms with E-state index in [9.17, 15) is 5.11 Å². The van der Waals surface area contributed by atoms with Crippen molar-refractivity contribution in [3.63, 3.8) is 0 Å². The molecule has 1 atom stereocenters. The van der Waals surface area contributed by atoms with E-state index in [1.165, 1.54) is 0 Å². The van der Waals surface area contributed by atoms with Crippen molar-refractivity contribution in [1.29, 1.82) is 0 Å². The van der Waals surface area contributed by atoms with Crippen LogP contribution in [0.3, 0.4) is 0 Å². The first kappa shape index (κ1) is 20.2. The van der Waals surface area contributed by atoms with Gasteiger partial charge in [-0.25, -0.2) is 0 Å². The van der Waals surface area contributed by atoms with Crippen LogP contribution in [0.15, 0.2) is 48.7 Å². The summed E-state index contributed by atoms with van der Waals surface area (Å²) in [6.45, 7) is 8.27. The summed E-state index contributed by atoms with van der Waals surface area (Å²) >= 11 is 0. The SMILES string of the molecule is CCOc1cc2c(cc1OCC)-n1cccc1C(c1cccc(OCC)c1O)[NH2+]C2. The van der Waals surface area contributed by atoms with Gasteiger partial charge in [-0.3, -0.25) is 0 Å². The van der Waals surface area contributed by atoms with Gasteiger partial charge in [-0.1, -0.05) is 6.07 Å². The summed E-state index contributed by atoms with van der Waals surface area (Å²) in [4.78, 5) is 0. The molecular weight excluding hydrogens is 380 g/mol. The minimum atomic E-state index is -0.0705. The number of benzene rings is 2. The molecule has 0 fully saturated rings. The summed E-state index contributed by atoms with van der Waals surface area (Å²) in [6.07, 6.45) is 2.06. The summed E-state index contributed by atoms with van der Waals surface area (Å²) < 4.78 is 19.5. The number of aromatic nitrogens is 1. The Morgan fingerprint density at radius 2 is 1.63 bits per heavy atom. The molecule has 0 saturated heterocycles. The zero-order valence-corrected chi connectivity index (χ0v) is 17.7. The highest BCUT2D eigenvalue weighted by Crippen LogP contribution is 2.39. The summed E-state index contributed by atoms with van der Waals surface area (Å²) in [5.41, 5.74) is 4.15. The highest BCUT2D eigenvalue weighted by molar-refractivity contribution is 5.56. The van der Waals surface area contributed by atoms with Crippen LogP contribution >= 0.6 is 0 Å². The smallest absolute Gasteiger partial charge is 0.167 e. The molecule has 2 heterocycles. The monoisotopic (exact) mass is 409 g/mol. The lowest BCUT2D eigenvalue weighted by Crippen LogP contribution is -2.83. The van der Waals surface area contributed by atoms with Crippen LogP contribution in [-0.2, 0) is 6.54 Å². The molecule has 3 N–H and O–H groups in total. The molecule has 0 bridgehead atoms. The lowest BCUT2D eigenvalue weighted by atomic mass is 10.0. The van der Waals surface area contributed by atoms with Crippen LogP contribution in [0, 0.1) is 0 Å². The number of nitrogens with two attached hydrogens (primary N) is 1. The van der Waals surface area contributed by atoms with Crippen molar-refractivity contribution in [1.82, 2.24) is 4.57 Å². The van der Waals surface area contributed by atoms with Crippen molar-refractivity contribution in [2.45, 2.75) is 33.4 Å². The molecule has 6 nitrogen and oxygen atoms in total. The molecule has 2 aromatic carbocycles. The average molecular weight is 410 g/mol. The van der Waals surface area contributed by atoms with Gasteiger partial charge in [0.05, 0.1) is 36.8 Å². The number of phenols is 1. The number of fused-ring (bicyclic) bond motifs is 3. The minimum Gasteiger partial charge on any atom is -0.504 e. The molecule has 1 unspecified atom stereocenters. The summed E-state index contributed by atoms with van der Waals surface area (Å²) in [5, 5.41) is 13.1. The van der Waals surface area contributed by atoms with Gasteiger partial charge >= 0.3 is 0 Å². The fraction of sp³-hybridized carbons (Fsp3) is 0.333. The van der Waals surface area contributed by atoms with E-state index in [1.807, 2.05) is 39.0 Å². The second kappa shape index (κ2) is 8.71. The Labute approximate surface area is 177 Å². The number of rotatable bonds is 7. The van der Waals surface area contributed by atoms with Crippen molar-refractivity contribution >= 4 is 0 Å². The van der Waals surface area contributed by atoms with Crippen molar-refractivity contribution in [2.24, 2.45) is 0 Å². The fourth-order valence-electron chi connectivity index (χ4n) is 4.10. The number of hydrogen-bond acceptors (Lipinski definition) is 4. The van der Waals surface area contributed by atoms with Gasteiger partial charge in [-0.05, 0) is 51.1 Å². The van der Waals surface area contributed by atoms with Gasteiger partial charge in [0.15, 0.2) is 29.0 Å². The van der Waals surface area contributed by atoms with Crippen LogP contribution < -0.4 is 19.5 Å². The summed E-state index contributed by atoms with van der Waals surface area (Å²) in [7, 11) is 0. The van der Waals surface area contributed by atoms with Crippen LogP contribution in [0.4, 0.5) is 0 Å². The standard InChI is InChI=1S/C24H28N2O4/c1-4-28-20-11-7-9-17(24(20)27)23-18-10-8-12-26(18)19-14-22(30-6-3)21(29-5-2)13-16(19)15-25-23/h7-14,23,25,27H,4-6,15H2,1-3H3/p+1. The minimum absolute atomic E-state index is 0.0705. The van der Waals surface area contributed by atoms with Crippen molar-refractivity contribution < 1.29 is 24.6 Å². The van der Waals surface area contributed by atoms with E-state index in [2.05, 4.69) is 34.3 Å². The Kier molecular flexibility index (Phi) is 5.86.